The lowest BCUT2D eigenvalue weighted by atomic mass is 10.1. The van der Waals surface area contributed by atoms with Gasteiger partial charge in [0.1, 0.15) is 0 Å². The lowest BCUT2D eigenvalue weighted by Gasteiger charge is -1.92. The smallest absolute Gasteiger partial charge is 0.0310 e. The predicted octanol–water partition coefficient (Wildman–Crippen LogP) is 4.03. The second kappa shape index (κ2) is 6.66. The van der Waals surface area contributed by atoms with E-state index in [4.69, 9.17) is 0 Å². The monoisotopic (exact) mass is 162 g/mol. The molecule has 0 spiro atoms. The van der Waals surface area contributed by atoms with Gasteiger partial charge in [-0.05, 0) is 26.7 Å². The summed E-state index contributed by atoms with van der Waals surface area (Å²) in [5.41, 5.74) is 2.50. The molecule has 0 aromatic heterocycles. The van der Waals surface area contributed by atoms with Crippen LogP contribution in [0, 0.1) is 0 Å². The molecule has 0 bridgehead atoms. The molecule has 0 nitrogen and oxygen atoms in total. The van der Waals surface area contributed by atoms with E-state index >= 15 is 0 Å². The predicted molar refractivity (Wildman–Crippen MR) is 57.1 cm³/mol. The minimum Gasteiger partial charge on any atom is -0.0988 e. The Bertz CT molecular complexity index is 180. The minimum absolute atomic E-state index is 1.09. The molecule has 0 aliphatic rings. The van der Waals surface area contributed by atoms with Gasteiger partial charge in [-0.15, -0.1) is 0 Å². The van der Waals surface area contributed by atoms with Gasteiger partial charge in [-0.25, -0.2) is 0 Å². The second-order valence-corrected chi connectivity index (χ2v) is 2.88. The summed E-state index contributed by atoms with van der Waals surface area (Å²) in [6.45, 7) is 11.5. The molecular weight excluding hydrogens is 144 g/mol. The van der Waals surface area contributed by atoms with Crippen molar-refractivity contribution in [1.29, 1.82) is 0 Å². The maximum Gasteiger partial charge on any atom is -0.0310 e. The van der Waals surface area contributed by atoms with Gasteiger partial charge in [0.2, 0.25) is 0 Å². The van der Waals surface area contributed by atoms with Crippen LogP contribution in [0.4, 0.5) is 0 Å². The van der Waals surface area contributed by atoms with Crippen LogP contribution in [0.25, 0.3) is 0 Å². The van der Waals surface area contributed by atoms with Gasteiger partial charge in [0.05, 0.1) is 0 Å². The van der Waals surface area contributed by atoms with Crippen LogP contribution in [-0.2, 0) is 0 Å². The molecule has 0 N–H and O–H groups in total. The van der Waals surface area contributed by atoms with E-state index in [9.17, 15) is 0 Å². The maximum atomic E-state index is 3.69. The first-order chi connectivity index (χ1) is 5.70. The van der Waals surface area contributed by atoms with E-state index < -0.39 is 0 Å². The zero-order chi connectivity index (χ0) is 9.40. The van der Waals surface area contributed by atoms with Crippen LogP contribution in [-0.4, -0.2) is 0 Å². The molecule has 12 heavy (non-hydrogen) atoms. The van der Waals surface area contributed by atoms with Gasteiger partial charge in [0, 0.05) is 0 Å². The van der Waals surface area contributed by atoms with Crippen LogP contribution in [0.2, 0.25) is 0 Å². The molecule has 0 aromatic carbocycles. The Morgan fingerprint density at radius 1 is 0.917 bits per heavy atom. The number of unbranched alkanes of at least 4 members (excludes halogenated alkanes) is 1. The largest absolute Gasteiger partial charge is 0.0988 e. The van der Waals surface area contributed by atoms with Crippen molar-refractivity contribution in [2.45, 2.75) is 26.7 Å². The molecule has 0 radical (unpaired) electrons. The van der Waals surface area contributed by atoms with Crippen LogP contribution >= 0.6 is 0 Å². The van der Waals surface area contributed by atoms with Crippen LogP contribution < -0.4 is 0 Å². The summed E-state index contributed by atoms with van der Waals surface area (Å²) in [7, 11) is 0. The highest BCUT2D eigenvalue weighted by Gasteiger charge is 1.82. The Hall–Kier alpha value is -1.04. The average molecular weight is 162 g/mol. The zero-order valence-corrected chi connectivity index (χ0v) is 8.14. The third-order valence-electron chi connectivity index (χ3n) is 1.74. The standard InChI is InChI=1S/C12H18/c1-5-11(3)9-7-8-10-12(4)6-2/h5-6,9-10H,1-2,7-8H2,3-4H3/b11-9-,12-10+. The van der Waals surface area contributed by atoms with Crippen molar-refractivity contribution in [3.63, 3.8) is 0 Å². The molecule has 0 heteroatoms. The first kappa shape index (κ1) is 11.0. The molecule has 0 aromatic rings. The fourth-order valence-electron chi connectivity index (χ4n) is 0.789. The molecule has 0 aliphatic carbocycles. The molecule has 0 unspecified atom stereocenters. The molecule has 0 fully saturated rings. The molecule has 0 heterocycles. The first-order valence-electron chi connectivity index (χ1n) is 4.29. The summed E-state index contributed by atoms with van der Waals surface area (Å²) < 4.78 is 0. The zero-order valence-electron chi connectivity index (χ0n) is 8.14. The van der Waals surface area contributed by atoms with E-state index in [1.807, 2.05) is 12.2 Å². The van der Waals surface area contributed by atoms with Crippen molar-refractivity contribution in [2.75, 3.05) is 0 Å². The number of hydrogen-bond donors (Lipinski definition) is 0. The Morgan fingerprint density at radius 2 is 1.25 bits per heavy atom. The van der Waals surface area contributed by atoms with Crippen LogP contribution in [0.5, 0.6) is 0 Å². The highest BCUT2D eigenvalue weighted by molar-refractivity contribution is 5.15. The fraction of sp³-hybridized carbons (Fsp3) is 0.333. The van der Waals surface area contributed by atoms with Crippen molar-refractivity contribution >= 4 is 0 Å². The van der Waals surface area contributed by atoms with E-state index in [1.54, 1.807) is 0 Å². The van der Waals surface area contributed by atoms with Crippen LogP contribution in [0.15, 0.2) is 48.6 Å². The molecule has 0 rings (SSSR count). The molecule has 0 saturated carbocycles. The van der Waals surface area contributed by atoms with E-state index in [2.05, 4.69) is 39.2 Å². The van der Waals surface area contributed by atoms with Crippen molar-refractivity contribution in [1.82, 2.24) is 0 Å². The van der Waals surface area contributed by atoms with Gasteiger partial charge in [0.25, 0.3) is 0 Å². The van der Waals surface area contributed by atoms with E-state index in [1.165, 1.54) is 11.1 Å². The Labute approximate surface area is 76.0 Å². The Kier molecular flexibility index (Phi) is 6.08. The van der Waals surface area contributed by atoms with Crippen LogP contribution in [0.3, 0.4) is 0 Å². The van der Waals surface area contributed by atoms with Gasteiger partial charge in [-0.1, -0.05) is 48.6 Å². The van der Waals surface area contributed by atoms with Crippen LogP contribution in [0.1, 0.15) is 26.7 Å². The maximum absolute atomic E-state index is 3.69. The SMILES string of the molecule is C=C/C(C)=C\CC/C=C(\C)C=C. The summed E-state index contributed by atoms with van der Waals surface area (Å²) >= 11 is 0. The Morgan fingerprint density at radius 3 is 1.50 bits per heavy atom. The average Bonchev–Trinajstić information content (AvgIpc) is 2.11. The van der Waals surface area contributed by atoms with Crippen molar-refractivity contribution in [2.24, 2.45) is 0 Å². The summed E-state index contributed by atoms with van der Waals surface area (Å²) in [4.78, 5) is 0. The van der Waals surface area contributed by atoms with Gasteiger partial charge in [0.15, 0.2) is 0 Å². The molecule has 66 valence electrons. The summed E-state index contributed by atoms with van der Waals surface area (Å²) in [6.07, 6.45) is 10.3. The number of allylic oxidation sites excluding steroid dienone is 6. The third kappa shape index (κ3) is 5.72. The quantitative estimate of drug-likeness (QED) is 0.423. The fourth-order valence-corrected chi connectivity index (χ4v) is 0.789. The Balaban J connectivity index is 3.71. The van der Waals surface area contributed by atoms with Crippen molar-refractivity contribution < 1.29 is 0 Å². The highest BCUT2D eigenvalue weighted by Crippen LogP contribution is 2.02. The van der Waals surface area contributed by atoms with Crippen molar-refractivity contribution in [3.05, 3.63) is 48.6 Å². The first-order valence-corrected chi connectivity index (χ1v) is 4.29. The van der Waals surface area contributed by atoms with Gasteiger partial charge < -0.3 is 0 Å². The summed E-state index contributed by atoms with van der Waals surface area (Å²) in [5, 5.41) is 0. The van der Waals surface area contributed by atoms with E-state index in [0.717, 1.165) is 12.8 Å². The topological polar surface area (TPSA) is 0 Å². The third-order valence-corrected chi connectivity index (χ3v) is 1.74. The van der Waals surface area contributed by atoms with E-state index in [0.29, 0.717) is 0 Å². The molecular formula is C12H18. The summed E-state index contributed by atoms with van der Waals surface area (Å²) in [5.74, 6) is 0. The highest BCUT2D eigenvalue weighted by atomic mass is 13.9. The molecule has 0 saturated heterocycles. The number of rotatable bonds is 5. The van der Waals surface area contributed by atoms with E-state index in [-0.39, 0.29) is 0 Å². The molecule has 0 amide bonds. The minimum atomic E-state index is 1.09. The lowest BCUT2D eigenvalue weighted by Crippen LogP contribution is -1.71. The lowest BCUT2D eigenvalue weighted by molar-refractivity contribution is 1.03. The normalized spacial score (nSPS) is 12.8. The van der Waals surface area contributed by atoms with Gasteiger partial charge >= 0.3 is 0 Å². The van der Waals surface area contributed by atoms with Crippen molar-refractivity contribution in [3.8, 4) is 0 Å². The number of hydrogen-bond acceptors (Lipinski definition) is 0. The van der Waals surface area contributed by atoms with Gasteiger partial charge in [-0.3, -0.25) is 0 Å². The van der Waals surface area contributed by atoms with Gasteiger partial charge in [-0.2, -0.15) is 0 Å². The second-order valence-electron chi connectivity index (χ2n) is 2.88. The molecule has 0 aliphatic heterocycles. The summed E-state index contributed by atoms with van der Waals surface area (Å²) in [6, 6.07) is 0. The molecule has 0 atom stereocenters.